The molecule has 1 aliphatic rings. The van der Waals surface area contributed by atoms with Crippen molar-refractivity contribution in [1.29, 1.82) is 0 Å². The first-order valence-electron chi connectivity index (χ1n) is 7.14. The molecule has 4 nitrogen and oxygen atoms in total. The fourth-order valence-corrected chi connectivity index (χ4v) is 2.40. The van der Waals surface area contributed by atoms with E-state index >= 15 is 0 Å². The van der Waals surface area contributed by atoms with Crippen molar-refractivity contribution in [2.75, 3.05) is 31.1 Å². The molecular weight excluding hydrogens is 248 g/mol. The molecule has 1 saturated heterocycles. The van der Waals surface area contributed by atoms with Crippen molar-refractivity contribution in [3.8, 4) is 0 Å². The molecule has 0 saturated carbocycles. The first-order valence-corrected chi connectivity index (χ1v) is 7.14. The number of anilines is 1. The molecule has 1 radical (unpaired) electrons. The number of hydrogen-bond donors (Lipinski definition) is 1. The van der Waals surface area contributed by atoms with Gasteiger partial charge in [-0.25, -0.2) is 9.97 Å². The van der Waals surface area contributed by atoms with Crippen molar-refractivity contribution in [1.82, 2.24) is 15.3 Å². The fourth-order valence-electron chi connectivity index (χ4n) is 2.40. The quantitative estimate of drug-likeness (QED) is 0.911. The summed E-state index contributed by atoms with van der Waals surface area (Å²) in [5, 5.41) is 3.35. The van der Waals surface area contributed by atoms with Gasteiger partial charge >= 0.3 is 0 Å². The highest BCUT2D eigenvalue weighted by Gasteiger charge is 2.13. The van der Waals surface area contributed by atoms with Crippen LogP contribution in [0.3, 0.4) is 0 Å². The summed E-state index contributed by atoms with van der Waals surface area (Å²) in [4.78, 5) is 11.3. The smallest absolute Gasteiger partial charge is 0.225 e. The van der Waals surface area contributed by atoms with Crippen LogP contribution in [0.2, 0.25) is 0 Å². The normalized spacial score (nSPS) is 15.3. The minimum absolute atomic E-state index is 0.864. The minimum Gasteiger partial charge on any atom is -0.338 e. The van der Waals surface area contributed by atoms with E-state index in [1.165, 1.54) is 5.56 Å². The van der Waals surface area contributed by atoms with E-state index in [0.29, 0.717) is 0 Å². The number of hydrogen-bond acceptors (Lipinski definition) is 4. The van der Waals surface area contributed by atoms with Crippen LogP contribution in [0.1, 0.15) is 11.3 Å². The lowest BCUT2D eigenvalue weighted by molar-refractivity contribution is 0.578. The Balaban J connectivity index is 1.65. The Bertz CT molecular complexity index is 535. The summed E-state index contributed by atoms with van der Waals surface area (Å²) < 4.78 is 0. The zero-order chi connectivity index (χ0) is 13.6. The highest BCUT2D eigenvalue weighted by atomic mass is 15.3. The number of rotatable bonds is 4. The molecule has 0 atom stereocenters. The third-order valence-electron chi connectivity index (χ3n) is 3.54. The average Bonchev–Trinajstić information content (AvgIpc) is 2.55. The van der Waals surface area contributed by atoms with Gasteiger partial charge in [-0.3, -0.25) is 0 Å². The summed E-state index contributed by atoms with van der Waals surface area (Å²) in [7, 11) is 0. The maximum atomic E-state index is 4.69. The van der Waals surface area contributed by atoms with Crippen LogP contribution in [0.15, 0.2) is 36.5 Å². The van der Waals surface area contributed by atoms with E-state index < -0.39 is 0 Å². The first-order chi connectivity index (χ1) is 9.92. The number of aryl methyl sites for hydroxylation is 2. The molecule has 0 amide bonds. The van der Waals surface area contributed by atoms with Gasteiger partial charge < -0.3 is 10.2 Å². The predicted octanol–water partition coefficient (Wildman–Crippen LogP) is 1.47. The van der Waals surface area contributed by atoms with Crippen LogP contribution in [0, 0.1) is 6.07 Å². The Morgan fingerprint density at radius 1 is 1.20 bits per heavy atom. The first kappa shape index (κ1) is 13.1. The van der Waals surface area contributed by atoms with Gasteiger partial charge in [-0.1, -0.05) is 24.3 Å². The van der Waals surface area contributed by atoms with Crippen LogP contribution in [0.5, 0.6) is 0 Å². The molecule has 103 valence electrons. The highest BCUT2D eigenvalue weighted by Crippen LogP contribution is 2.10. The lowest BCUT2D eigenvalue weighted by atomic mass is 10.1. The molecule has 1 aliphatic heterocycles. The monoisotopic (exact) mass is 267 g/mol. The lowest BCUT2D eigenvalue weighted by Gasteiger charge is -2.27. The maximum absolute atomic E-state index is 4.69. The largest absolute Gasteiger partial charge is 0.338 e. The van der Waals surface area contributed by atoms with Crippen LogP contribution in [0.4, 0.5) is 5.95 Å². The molecule has 1 fully saturated rings. The molecule has 0 bridgehead atoms. The van der Waals surface area contributed by atoms with Gasteiger partial charge in [-0.15, -0.1) is 0 Å². The van der Waals surface area contributed by atoms with Crippen molar-refractivity contribution in [2.45, 2.75) is 12.8 Å². The van der Waals surface area contributed by atoms with Gasteiger partial charge in [0, 0.05) is 38.1 Å². The third kappa shape index (κ3) is 3.33. The number of piperazine rings is 1. The predicted molar refractivity (Wildman–Crippen MR) is 79.8 cm³/mol. The van der Waals surface area contributed by atoms with E-state index in [1.807, 2.05) is 30.5 Å². The molecule has 0 spiro atoms. The fraction of sp³-hybridized carbons (Fsp3) is 0.375. The SMILES string of the molecule is [c]1cccc(CCc2ccnc(N3CCNCC3)n2)c1. The van der Waals surface area contributed by atoms with Gasteiger partial charge in [0.1, 0.15) is 0 Å². The number of nitrogens with one attached hydrogen (secondary N) is 1. The van der Waals surface area contributed by atoms with Gasteiger partial charge in [-0.05, 0) is 30.5 Å². The Kier molecular flexibility index (Phi) is 4.23. The Hall–Kier alpha value is -1.94. The lowest BCUT2D eigenvalue weighted by Crippen LogP contribution is -2.44. The Labute approximate surface area is 119 Å². The maximum Gasteiger partial charge on any atom is 0.225 e. The van der Waals surface area contributed by atoms with Crippen molar-refractivity contribution in [3.63, 3.8) is 0 Å². The molecule has 1 N–H and O–H groups in total. The van der Waals surface area contributed by atoms with E-state index in [-0.39, 0.29) is 0 Å². The second-order valence-electron chi connectivity index (χ2n) is 5.00. The van der Waals surface area contributed by atoms with E-state index in [0.717, 1.165) is 50.7 Å². The Morgan fingerprint density at radius 3 is 2.90 bits per heavy atom. The van der Waals surface area contributed by atoms with Crippen LogP contribution < -0.4 is 10.2 Å². The average molecular weight is 267 g/mol. The molecular formula is C16H19N4. The summed E-state index contributed by atoms with van der Waals surface area (Å²) in [6.07, 6.45) is 3.81. The second kappa shape index (κ2) is 6.48. The topological polar surface area (TPSA) is 41.1 Å². The molecule has 0 aliphatic carbocycles. The molecule has 2 aromatic rings. The number of benzene rings is 1. The van der Waals surface area contributed by atoms with Crippen LogP contribution >= 0.6 is 0 Å². The highest BCUT2D eigenvalue weighted by molar-refractivity contribution is 5.31. The number of nitrogens with zero attached hydrogens (tertiary/aromatic N) is 3. The van der Waals surface area contributed by atoms with Gasteiger partial charge in [-0.2, -0.15) is 0 Å². The van der Waals surface area contributed by atoms with Gasteiger partial charge in [0.2, 0.25) is 5.95 Å². The van der Waals surface area contributed by atoms with Crippen molar-refractivity contribution in [2.24, 2.45) is 0 Å². The van der Waals surface area contributed by atoms with Crippen LogP contribution in [0.25, 0.3) is 0 Å². The summed E-state index contributed by atoms with van der Waals surface area (Å²) in [5.41, 5.74) is 2.41. The third-order valence-corrected chi connectivity index (χ3v) is 3.54. The van der Waals surface area contributed by atoms with Gasteiger partial charge in [0.15, 0.2) is 0 Å². The molecule has 4 heteroatoms. The second-order valence-corrected chi connectivity index (χ2v) is 5.00. The molecule has 20 heavy (non-hydrogen) atoms. The molecule has 0 unspecified atom stereocenters. The van der Waals surface area contributed by atoms with Crippen molar-refractivity contribution in [3.05, 3.63) is 53.9 Å². The number of aromatic nitrogens is 2. The molecule has 3 rings (SSSR count). The van der Waals surface area contributed by atoms with Gasteiger partial charge in [0.25, 0.3) is 0 Å². The Morgan fingerprint density at radius 2 is 2.10 bits per heavy atom. The summed E-state index contributed by atoms with van der Waals surface area (Å²) in [5.74, 6) is 0.864. The summed E-state index contributed by atoms with van der Waals surface area (Å²) in [6.45, 7) is 3.98. The van der Waals surface area contributed by atoms with E-state index in [4.69, 9.17) is 0 Å². The molecule has 1 aromatic carbocycles. The zero-order valence-corrected chi connectivity index (χ0v) is 11.5. The van der Waals surface area contributed by atoms with Crippen molar-refractivity contribution >= 4 is 5.95 Å². The van der Waals surface area contributed by atoms with Gasteiger partial charge in [0.05, 0.1) is 0 Å². The van der Waals surface area contributed by atoms with Crippen LogP contribution in [-0.4, -0.2) is 36.1 Å². The van der Waals surface area contributed by atoms with Crippen molar-refractivity contribution < 1.29 is 0 Å². The molecule has 2 heterocycles. The molecule has 1 aromatic heterocycles. The zero-order valence-electron chi connectivity index (χ0n) is 11.5. The van der Waals surface area contributed by atoms with E-state index in [9.17, 15) is 0 Å². The summed E-state index contributed by atoms with van der Waals surface area (Å²) in [6, 6.07) is 13.3. The van der Waals surface area contributed by atoms with Crippen LogP contribution in [-0.2, 0) is 12.8 Å². The summed E-state index contributed by atoms with van der Waals surface area (Å²) >= 11 is 0. The minimum atomic E-state index is 0.864. The van der Waals surface area contributed by atoms with E-state index in [1.54, 1.807) is 0 Å². The van der Waals surface area contributed by atoms with E-state index in [2.05, 4.69) is 32.3 Å². The standard InChI is InChI=1S/C16H19N4/c1-2-4-14(5-3-1)6-7-15-8-9-18-16(19-15)20-12-10-17-11-13-20/h1-2,4-5,8-9,17H,6-7,10-13H2.